The normalized spacial score (nSPS) is 21.5. The number of rotatable bonds is 7. The van der Waals surface area contributed by atoms with Crippen LogP contribution in [0.3, 0.4) is 0 Å². The van der Waals surface area contributed by atoms with Crippen LogP contribution < -0.4 is 5.32 Å². The lowest BCUT2D eigenvalue weighted by Gasteiger charge is -2.31. The van der Waals surface area contributed by atoms with E-state index in [4.69, 9.17) is 9.15 Å². The van der Waals surface area contributed by atoms with Gasteiger partial charge in [-0.1, -0.05) is 11.8 Å². The average molecular weight is 296 g/mol. The molecule has 0 saturated heterocycles. The molecule has 1 aromatic heterocycles. The van der Waals surface area contributed by atoms with Crippen LogP contribution in [0.25, 0.3) is 0 Å². The minimum atomic E-state index is -0.580. The Hall–Kier alpha value is -1.01. The molecule has 1 atom stereocenters. The fourth-order valence-electron chi connectivity index (χ4n) is 2.49. The van der Waals surface area contributed by atoms with Gasteiger partial charge in [-0.3, -0.25) is 10.1 Å². The van der Waals surface area contributed by atoms with E-state index in [1.165, 1.54) is 18.9 Å². The minimum Gasteiger partial charge on any atom is -0.468 e. The molecule has 1 N–H and O–H groups in total. The molecule has 0 spiro atoms. The van der Waals surface area contributed by atoms with Crippen LogP contribution in [0.5, 0.6) is 0 Å². The van der Waals surface area contributed by atoms with Crippen LogP contribution in [0.2, 0.25) is 0 Å². The lowest BCUT2D eigenvalue weighted by atomic mass is 9.95. The molecule has 1 heterocycles. The summed E-state index contributed by atoms with van der Waals surface area (Å²) in [6.07, 6.45) is 6.09. The maximum atomic E-state index is 12.4. The Labute approximate surface area is 122 Å². The molecule has 1 aromatic rings. The van der Waals surface area contributed by atoms with Gasteiger partial charge >= 0.3 is 5.97 Å². The van der Waals surface area contributed by atoms with Crippen molar-refractivity contribution in [2.24, 2.45) is 5.92 Å². The molecule has 3 rings (SSSR count). The Kier molecular flexibility index (Phi) is 3.77. The quantitative estimate of drug-likeness (QED) is 0.614. The van der Waals surface area contributed by atoms with Crippen molar-refractivity contribution < 1.29 is 13.9 Å². The predicted molar refractivity (Wildman–Crippen MR) is 75.6 cm³/mol. The topological polar surface area (TPSA) is 64.4 Å². The highest BCUT2D eigenvalue weighted by molar-refractivity contribution is 7.99. The van der Waals surface area contributed by atoms with Gasteiger partial charge in [0.2, 0.25) is 0 Å². The zero-order chi connectivity index (χ0) is 14.2. The Morgan fingerprint density at radius 2 is 2.30 bits per heavy atom. The summed E-state index contributed by atoms with van der Waals surface area (Å²) in [6.45, 7) is 1.89. The lowest BCUT2D eigenvalue weighted by molar-refractivity contribution is -0.148. The van der Waals surface area contributed by atoms with Gasteiger partial charge in [0.25, 0.3) is 5.22 Å². The fourth-order valence-corrected chi connectivity index (χ4v) is 3.60. The number of carbonyl (C=O) groups excluding carboxylic acids is 1. The molecule has 0 bridgehead atoms. The molecular formula is C14H20N2O3S. The molecule has 6 heteroatoms. The Bertz CT molecular complexity index is 496. The SMILES string of the molecule is COC(=O)C(CSc1nc(C)co1)(NC1CC1)C1CC1. The maximum Gasteiger partial charge on any atom is 0.327 e. The Morgan fingerprint density at radius 1 is 1.55 bits per heavy atom. The zero-order valence-corrected chi connectivity index (χ0v) is 12.7. The number of thioether (sulfide) groups is 1. The van der Waals surface area contributed by atoms with Gasteiger partial charge in [0, 0.05) is 11.8 Å². The van der Waals surface area contributed by atoms with Crippen molar-refractivity contribution in [1.29, 1.82) is 0 Å². The molecular weight excluding hydrogens is 276 g/mol. The monoisotopic (exact) mass is 296 g/mol. The van der Waals surface area contributed by atoms with E-state index in [9.17, 15) is 4.79 Å². The van der Waals surface area contributed by atoms with Crippen LogP contribution in [0.15, 0.2) is 15.9 Å². The number of aryl methyl sites for hydroxylation is 1. The van der Waals surface area contributed by atoms with E-state index >= 15 is 0 Å². The average Bonchev–Trinajstić information content (AvgIpc) is 3.34. The summed E-state index contributed by atoms with van der Waals surface area (Å²) in [5.74, 6) is 0.836. The van der Waals surface area contributed by atoms with Gasteiger partial charge in [-0.25, -0.2) is 4.98 Å². The third-order valence-corrected chi connectivity index (χ3v) is 4.92. The number of esters is 1. The molecule has 20 heavy (non-hydrogen) atoms. The van der Waals surface area contributed by atoms with E-state index in [-0.39, 0.29) is 5.97 Å². The number of nitrogens with zero attached hydrogens (tertiary/aromatic N) is 1. The van der Waals surface area contributed by atoms with Crippen molar-refractivity contribution in [2.75, 3.05) is 12.9 Å². The van der Waals surface area contributed by atoms with E-state index in [0.29, 0.717) is 22.9 Å². The maximum absolute atomic E-state index is 12.4. The van der Waals surface area contributed by atoms with Crippen molar-refractivity contribution >= 4 is 17.7 Å². The summed E-state index contributed by atoms with van der Waals surface area (Å²) in [5.41, 5.74) is 0.279. The number of hydrogen-bond acceptors (Lipinski definition) is 6. The minimum absolute atomic E-state index is 0.150. The van der Waals surface area contributed by atoms with E-state index in [2.05, 4.69) is 10.3 Å². The van der Waals surface area contributed by atoms with Gasteiger partial charge in [0.05, 0.1) is 12.8 Å². The van der Waals surface area contributed by atoms with Crippen molar-refractivity contribution in [3.05, 3.63) is 12.0 Å². The highest BCUT2D eigenvalue weighted by Crippen LogP contribution is 2.44. The number of methoxy groups -OCH3 is 1. The van der Waals surface area contributed by atoms with Gasteiger partial charge < -0.3 is 9.15 Å². The molecule has 0 aliphatic heterocycles. The van der Waals surface area contributed by atoms with Crippen LogP contribution in [-0.2, 0) is 9.53 Å². The highest BCUT2D eigenvalue weighted by Gasteiger charge is 2.54. The summed E-state index contributed by atoms with van der Waals surface area (Å²) >= 11 is 1.49. The van der Waals surface area contributed by atoms with Crippen molar-refractivity contribution in [2.45, 2.75) is 49.4 Å². The first kappa shape index (κ1) is 13.9. The molecule has 2 aliphatic rings. The summed E-state index contributed by atoms with van der Waals surface area (Å²) in [5, 5.41) is 4.15. The van der Waals surface area contributed by atoms with Crippen molar-refractivity contribution in [3.63, 3.8) is 0 Å². The van der Waals surface area contributed by atoms with Crippen LogP contribution >= 0.6 is 11.8 Å². The second-order valence-electron chi connectivity index (χ2n) is 5.70. The summed E-state index contributed by atoms with van der Waals surface area (Å²) in [4.78, 5) is 16.6. The first-order chi connectivity index (χ1) is 9.64. The zero-order valence-electron chi connectivity index (χ0n) is 11.8. The van der Waals surface area contributed by atoms with Crippen LogP contribution in [0.4, 0.5) is 0 Å². The number of oxazole rings is 1. The summed E-state index contributed by atoms with van der Waals surface area (Å²) < 4.78 is 10.4. The molecule has 0 radical (unpaired) electrons. The van der Waals surface area contributed by atoms with Crippen LogP contribution in [0, 0.1) is 12.8 Å². The number of nitrogens with one attached hydrogen (secondary N) is 1. The third-order valence-electron chi connectivity index (χ3n) is 3.88. The standard InChI is InChI=1S/C14H20N2O3S/c1-9-7-19-13(15-9)20-8-14(10-3-4-10,12(17)18-2)16-11-5-6-11/h7,10-11,16H,3-6,8H2,1-2H3. The highest BCUT2D eigenvalue weighted by atomic mass is 32.2. The van der Waals surface area contributed by atoms with Gasteiger partial charge in [-0.15, -0.1) is 0 Å². The van der Waals surface area contributed by atoms with Gasteiger partial charge in [-0.05, 0) is 38.5 Å². The second kappa shape index (κ2) is 5.41. The van der Waals surface area contributed by atoms with Crippen molar-refractivity contribution in [3.8, 4) is 0 Å². The summed E-state index contributed by atoms with van der Waals surface area (Å²) in [7, 11) is 1.47. The number of hydrogen-bond donors (Lipinski definition) is 1. The van der Waals surface area contributed by atoms with E-state index in [1.54, 1.807) is 6.26 Å². The lowest BCUT2D eigenvalue weighted by Crippen LogP contribution is -2.57. The molecule has 2 aliphatic carbocycles. The van der Waals surface area contributed by atoms with Gasteiger partial charge in [0.15, 0.2) is 0 Å². The number of carbonyl (C=O) groups is 1. The van der Waals surface area contributed by atoms with E-state index < -0.39 is 5.54 Å². The molecule has 2 saturated carbocycles. The molecule has 110 valence electrons. The van der Waals surface area contributed by atoms with Crippen LogP contribution in [0.1, 0.15) is 31.4 Å². The summed E-state index contributed by atoms with van der Waals surface area (Å²) in [6, 6.07) is 0.460. The molecule has 5 nitrogen and oxygen atoms in total. The molecule has 0 amide bonds. The third kappa shape index (κ3) is 2.86. The smallest absolute Gasteiger partial charge is 0.327 e. The first-order valence-corrected chi connectivity index (χ1v) is 8.03. The Balaban J connectivity index is 1.74. The number of aromatic nitrogens is 1. The molecule has 2 fully saturated rings. The second-order valence-corrected chi connectivity index (χ2v) is 6.63. The predicted octanol–water partition coefficient (Wildman–Crippen LogP) is 2.15. The molecule has 0 aromatic carbocycles. The van der Waals surface area contributed by atoms with Crippen molar-refractivity contribution in [1.82, 2.24) is 10.3 Å². The van der Waals surface area contributed by atoms with Crippen LogP contribution in [-0.4, -0.2) is 35.4 Å². The fraction of sp³-hybridized carbons (Fsp3) is 0.714. The van der Waals surface area contributed by atoms with Gasteiger partial charge in [0.1, 0.15) is 11.8 Å². The van der Waals surface area contributed by atoms with E-state index in [1.807, 2.05) is 6.92 Å². The van der Waals surface area contributed by atoms with Gasteiger partial charge in [-0.2, -0.15) is 0 Å². The first-order valence-electron chi connectivity index (χ1n) is 7.05. The number of ether oxygens (including phenoxy) is 1. The molecule has 1 unspecified atom stereocenters. The largest absolute Gasteiger partial charge is 0.468 e. The Morgan fingerprint density at radius 3 is 2.80 bits per heavy atom. The van der Waals surface area contributed by atoms with E-state index in [0.717, 1.165) is 31.4 Å².